The van der Waals surface area contributed by atoms with Crippen molar-refractivity contribution < 1.29 is 0 Å². The van der Waals surface area contributed by atoms with E-state index in [1.54, 1.807) is 4.68 Å². The first kappa shape index (κ1) is 11.5. The quantitative estimate of drug-likeness (QED) is 0.800. The summed E-state index contributed by atoms with van der Waals surface area (Å²) in [5.41, 5.74) is 0.290. The van der Waals surface area contributed by atoms with Crippen molar-refractivity contribution in [2.24, 2.45) is 0 Å². The van der Waals surface area contributed by atoms with E-state index in [0.717, 1.165) is 0 Å². The fourth-order valence-corrected chi connectivity index (χ4v) is 1.91. The zero-order valence-electron chi connectivity index (χ0n) is 9.27. The fraction of sp³-hybridized carbons (Fsp3) is 0.333. The SMILES string of the molecule is CC(C)n1nnnc1Sc1cnc(C#N)cn1. The van der Waals surface area contributed by atoms with E-state index in [0.29, 0.717) is 10.2 Å². The van der Waals surface area contributed by atoms with Gasteiger partial charge in [-0.2, -0.15) is 5.26 Å². The molecule has 17 heavy (non-hydrogen) atoms. The van der Waals surface area contributed by atoms with Crippen LogP contribution in [0.1, 0.15) is 25.6 Å². The minimum Gasteiger partial charge on any atom is -0.245 e. The number of tetrazole rings is 1. The maximum Gasteiger partial charge on any atom is 0.215 e. The van der Waals surface area contributed by atoms with Gasteiger partial charge in [-0.25, -0.2) is 14.6 Å². The standard InChI is InChI=1S/C9H9N7S/c1-6(2)16-9(13-14-15-16)17-8-5-11-7(3-10)4-12-8/h4-6H,1-2H3. The average molecular weight is 247 g/mol. The van der Waals surface area contributed by atoms with Crippen molar-refractivity contribution in [1.29, 1.82) is 5.26 Å². The van der Waals surface area contributed by atoms with Crippen LogP contribution in [0.5, 0.6) is 0 Å². The number of hydrogen-bond acceptors (Lipinski definition) is 7. The van der Waals surface area contributed by atoms with Gasteiger partial charge in [-0.3, -0.25) is 0 Å². The summed E-state index contributed by atoms with van der Waals surface area (Å²) in [6.45, 7) is 3.98. The molecule has 0 fully saturated rings. The first-order valence-electron chi connectivity index (χ1n) is 4.88. The molecule has 0 bridgehead atoms. The van der Waals surface area contributed by atoms with Crippen LogP contribution in [0.2, 0.25) is 0 Å². The molecule has 2 aromatic rings. The summed E-state index contributed by atoms with van der Waals surface area (Å²) in [5, 5.41) is 21.3. The van der Waals surface area contributed by atoms with Crippen molar-refractivity contribution in [3.8, 4) is 6.07 Å². The van der Waals surface area contributed by atoms with E-state index in [9.17, 15) is 0 Å². The van der Waals surface area contributed by atoms with Crippen LogP contribution in [0.15, 0.2) is 22.6 Å². The molecule has 86 valence electrons. The van der Waals surface area contributed by atoms with Gasteiger partial charge < -0.3 is 0 Å². The van der Waals surface area contributed by atoms with E-state index < -0.39 is 0 Å². The van der Waals surface area contributed by atoms with Crippen molar-refractivity contribution in [3.05, 3.63) is 18.1 Å². The lowest BCUT2D eigenvalue weighted by Crippen LogP contribution is -2.04. The number of nitrogens with zero attached hydrogens (tertiary/aromatic N) is 7. The van der Waals surface area contributed by atoms with E-state index in [1.807, 2.05) is 19.9 Å². The molecule has 2 aromatic heterocycles. The van der Waals surface area contributed by atoms with Crippen LogP contribution >= 0.6 is 11.8 Å². The normalized spacial score (nSPS) is 10.5. The van der Waals surface area contributed by atoms with Gasteiger partial charge in [0.1, 0.15) is 11.1 Å². The summed E-state index contributed by atoms with van der Waals surface area (Å²) in [5.74, 6) is 0. The predicted molar refractivity (Wildman–Crippen MR) is 59.1 cm³/mol. The van der Waals surface area contributed by atoms with E-state index in [1.165, 1.54) is 24.2 Å². The molecule has 0 unspecified atom stereocenters. The molecule has 0 aliphatic carbocycles. The van der Waals surface area contributed by atoms with E-state index in [2.05, 4.69) is 25.5 Å². The maximum absolute atomic E-state index is 8.61. The minimum atomic E-state index is 0.179. The van der Waals surface area contributed by atoms with E-state index in [4.69, 9.17) is 5.26 Å². The number of rotatable bonds is 3. The molecule has 0 atom stereocenters. The maximum atomic E-state index is 8.61. The molecule has 2 rings (SSSR count). The highest BCUT2D eigenvalue weighted by molar-refractivity contribution is 7.99. The van der Waals surface area contributed by atoms with Gasteiger partial charge in [-0.15, -0.1) is 5.10 Å². The highest BCUT2D eigenvalue weighted by Crippen LogP contribution is 2.24. The molecule has 0 amide bonds. The number of hydrogen-bond donors (Lipinski definition) is 0. The highest BCUT2D eigenvalue weighted by atomic mass is 32.2. The molecule has 0 aliphatic heterocycles. The lowest BCUT2D eigenvalue weighted by molar-refractivity contribution is 0.477. The van der Waals surface area contributed by atoms with E-state index >= 15 is 0 Å². The summed E-state index contributed by atoms with van der Waals surface area (Å²) in [4.78, 5) is 8.02. The van der Waals surface area contributed by atoms with Gasteiger partial charge in [0.15, 0.2) is 5.69 Å². The molecular formula is C9H9N7S. The molecule has 0 aromatic carbocycles. The zero-order chi connectivity index (χ0) is 12.3. The summed E-state index contributed by atoms with van der Waals surface area (Å²) >= 11 is 1.31. The van der Waals surface area contributed by atoms with Gasteiger partial charge >= 0.3 is 0 Å². The molecule has 8 heteroatoms. The molecule has 0 saturated carbocycles. The third-order valence-corrected chi connectivity index (χ3v) is 2.76. The van der Waals surface area contributed by atoms with Crippen LogP contribution in [0.3, 0.4) is 0 Å². The average Bonchev–Trinajstić information content (AvgIpc) is 2.78. The molecule has 2 heterocycles. The Morgan fingerprint density at radius 3 is 2.76 bits per heavy atom. The summed E-state index contributed by atoms with van der Waals surface area (Å²) < 4.78 is 1.70. The van der Waals surface area contributed by atoms with Gasteiger partial charge in [0, 0.05) is 0 Å². The van der Waals surface area contributed by atoms with Crippen LogP contribution in [0.4, 0.5) is 0 Å². The minimum absolute atomic E-state index is 0.179. The Morgan fingerprint density at radius 1 is 1.35 bits per heavy atom. The second-order valence-corrected chi connectivity index (χ2v) is 4.44. The lowest BCUT2D eigenvalue weighted by Gasteiger charge is -2.05. The van der Waals surface area contributed by atoms with E-state index in [-0.39, 0.29) is 11.7 Å². The fourth-order valence-electron chi connectivity index (χ4n) is 1.10. The first-order chi connectivity index (χ1) is 8.20. The predicted octanol–water partition coefficient (Wildman–Crippen LogP) is 1.07. The smallest absolute Gasteiger partial charge is 0.215 e. The van der Waals surface area contributed by atoms with Crippen LogP contribution in [0, 0.1) is 11.3 Å². The number of aromatic nitrogens is 6. The van der Waals surface area contributed by atoms with Gasteiger partial charge in [-0.05, 0) is 36.0 Å². The molecule has 7 nitrogen and oxygen atoms in total. The molecule has 0 saturated heterocycles. The second kappa shape index (κ2) is 4.88. The largest absolute Gasteiger partial charge is 0.245 e. The van der Waals surface area contributed by atoms with Crippen LogP contribution in [-0.4, -0.2) is 30.2 Å². The molecule has 0 aliphatic rings. The summed E-state index contributed by atoms with van der Waals surface area (Å²) in [6.07, 6.45) is 2.95. The molecular weight excluding hydrogens is 238 g/mol. The van der Waals surface area contributed by atoms with Crippen LogP contribution in [-0.2, 0) is 0 Å². The topological polar surface area (TPSA) is 93.2 Å². The van der Waals surface area contributed by atoms with Gasteiger partial charge in [0.25, 0.3) is 0 Å². The van der Waals surface area contributed by atoms with Crippen LogP contribution < -0.4 is 0 Å². The Balaban J connectivity index is 2.20. The highest BCUT2D eigenvalue weighted by Gasteiger charge is 2.11. The van der Waals surface area contributed by atoms with Crippen molar-refractivity contribution in [2.45, 2.75) is 30.1 Å². The van der Waals surface area contributed by atoms with Gasteiger partial charge in [0.2, 0.25) is 5.16 Å². The Kier molecular flexibility index (Phi) is 3.30. The molecule has 0 spiro atoms. The Labute approximate surface area is 102 Å². The third kappa shape index (κ3) is 2.57. The van der Waals surface area contributed by atoms with Crippen molar-refractivity contribution in [2.75, 3.05) is 0 Å². The van der Waals surface area contributed by atoms with Crippen molar-refractivity contribution >= 4 is 11.8 Å². The lowest BCUT2D eigenvalue weighted by atomic mass is 10.4. The van der Waals surface area contributed by atoms with Crippen LogP contribution in [0.25, 0.3) is 0 Å². The molecule has 0 radical (unpaired) electrons. The monoisotopic (exact) mass is 247 g/mol. The Bertz CT molecular complexity index is 539. The Hall–Kier alpha value is -2.01. The summed E-state index contributed by atoms with van der Waals surface area (Å²) in [6, 6.07) is 2.09. The number of nitriles is 1. The summed E-state index contributed by atoms with van der Waals surface area (Å²) in [7, 11) is 0. The Morgan fingerprint density at radius 2 is 2.18 bits per heavy atom. The third-order valence-electron chi connectivity index (χ3n) is 1.89. The molecule has 0 N–H and O–H groups in total. The second-order valence-electron chi connectivity index (χ2n) is 3.45. The van der Waals surface area contributed by atoms with Crippen molar-refractivity contribution in [1.82, 2.24) is 30.2 Å². The van der Waals surface area contributed by atoms with Gasteiger partial charge in [-0.1, -0.05) is 0 Å². The zero-order valence-corrected chi connectivity index (χ0v) is 10.1. The van der Waals surface area contributed by atoms with Crippen molar-refractivity contribution in [3.63, 3.8) is 0 Å². The first-order valence-corrected chi connectivity index (χ1v) is 5.70. The van der Waals surface area contributed by atoms with Gasteiger partial charge in [0.05, 0.1) is 18.4 Å².